The van der Waals surface area contributed by atoms with Gasteiger partial charge in [-0.2, -0.15) is 0 Å². The van der Waals surface area contributed by atoms with E-state index < -0.39 is 6.03 Å². The first-order chi connectivity index (χ1) is 12.0. The second-order valence-electron chi connectivity index (χ2n) is 4.44. The van der Waals surface area contributed by atoms with E-state index in [1.54, 1.807) is 7.05 Å². The standard InChI is InChI=1S/2C6H6.C3H7NO.C3H8.C2H6N2O/c2*1-2-4-6-5-3-1;1-3(5)4-2;1-3-2;1-4-2(3)5/h2*1-6H;1-2H3,(H,4,5);3H2,1-2H3;1H3,(H3,3,4,5). The van der Waals surface area contributed by atoms with E-state index in [9.17, 15) is 9.59 Å². The molecule has 0 saturated heterocycles. The first kappa shape index (κ1) is 27.0. The van der Waals surface area contributed by atoms with E-state index in [1.807, 2.05) is 72.8 Å². The van der Waals surface area contributed by atoms with Gasteiger partial charge in [-0.1, -0.05) is 93.1 Å². The topological polar surface area (TPSA) is 84.2 Å². The molecule has 3 amide bonds. The molecule has 0 aromatic heterocycles. The number of hydrogen-bond acceptors (Lipinski definition) is 2. The lowest BCUT2D eigenvalue weighted by atomic mass is 10.4. The van der Waals surface area contributed by atoms with Crippen LogP contribution in [0.3, 0.4) is 0 Å². The molecule has 2 aromatic carbocycles. The van der Waals surface area contributed by atoms with Crippen molar-refractivity contribution in [3.8, 4) is 0 Å². The molecule has 0 radical (unpaired) electrons. The van der Waals surface area contributed by atoms with Gasteiger partial charge in [0.2, 0.25) is 5.91 Å². The molecule has 2 rings (SSSR count). The van der Waals surface area contributed by atoms with Crippen molar-refractivity contribution in [1.82, 2.24) is 10.6 Å². The second kappa shape index (κ2) is 26.1. The van der Waals surface area contributed by atoms with Crippen LogP contribution in [0.2, 0.25) is 0 Å². The van der Waals surface area contributed by atoms with Crippen molar-refractivity contribution in [3.05, 3.63) is 72.8 Å². The lowest BCUT2D eigenvalue weighted by Gasteiger charge is -1.80. The number of primary amides is 1. The van der Waals surface area contributed by atoms with Crippen molar-refractivity contribution < 1.29 is 9.59 Å². The highest BCUT2D eigenvalue weighted by atomic mass is 16.2. The van der Waals surface area contributed by atoms with Gasteiger partial charge in [0, 0.05) is 21.0 Å². The summed E-state index contributed by atoms with van der Waals surface area (Å²) in [5.74, 6) is 0.00463. The van der Waals surface area contributed by atoms with Crippen LogP contribution >= 0.6 is 0 Å². The Morgan fingerprint density at radius 1 is 0.680 bits per heavy atom. The normalized spacial score (nSPS) is 7.24. The molecular weight excluding hydrogens is 314 g/mol. The molecule has 5 nitrogen and oxygen atoms in total. The number of carbonyl (C=O) groups is 2. The average molecular weight is 348 g/mol. The van der Waals surface area contributed by atoms with Gasteiger partial charge in [-0.3, -0.25) is 4.79 Å². The minimum atomic E-state index is -0.495. The Morgan fingerprint density at radius 2 is 0.800 bits per heavy atom. The van der Waals surface area contributed by atoms with Crippen LogP contribution in [0.4, 0.5) is 4.79 Å². The van der Waals surface area contributed by atoms with Gasteiger partial charge in [-0.05, 0) is 0 Å². The number of benzene rings is 2. The highest BCUT2D eigenvalue weighted by molar-refractivity contribution is 5.72. The molecule has 0 aliphatic rings. The van der Waals surface area contributed by atoms with Gasteiger partial charge >= 0.3 is 6.03 Å². The summed E-state index contributed by atoms with van der Waals surface area (Å²) < 4.78 is 0. The highest BCUT2D eigenvalue weighted by Crippen LogP contribution is 1.80. The maximum absolute atomic E-state index is 9.70. The predicted octanol–water partition coefficient (Wildman–Crippen LogP) is 3.83. The molecule has 0 heterocycles. The largest absolute Gasteiger partial charge is 0.359 e. The Bertz CT molecular complexity index is 378. The number of amides is 3. The molecule has 0 atom stereocenters. The van der Waals surface area contributed by atoms with Crippen LogP contribution in [0, 0.1) is 0 Å². The van der Waals surface area contributed by atoms with Gasteiger partial charge in [-0.15, -0.1) is 0 Å². The summed E-state index contributed by atoms with van der Waals surface area (Å²) >= 11 is 0. The average Bonchev–Trinajstić information content (AvgIpc) is 2.66. The maximum Gasteiger partial charge on any atom is 0.311 e. The molecule has 25 heavy (non-hydrogen) atoms. The van der Waals surface area contributed by atoms with E-state index >= 15 is 0 Å². The smallest absolute Gasteiger partial charge is 0.311 e. The van der Waals surface area contributed by atoms with Gasteiger partial charge < -0.3 is 16.4 Å². The monoisotopic (exact) mass is 347 g/mol. The maximum atomic E-state index is 9.70. The van der Waals surface area contributed by atoms with E-state index in [0.29, 0.717) is 0 Å². The SMILES string of the molecule is CCC.CNC(C)=O.CNC(N)=O.c1ccccc1.c1ccccc1. The summed E-state index contributed by atoms with van der Waals surface area (Å²) in [6, 6.07) is 23.5. The minimum Gasteiger partial charge on any atom is -0.359 e. The zero-order valence-electron chi connectivity index (χ0n) is 16.0. The van der Waals surface area contributed by atoms with Crippen LogP contribution < -0.4 is 16.4 Å². The van der Waals surface area contributed by atoms with E-state index in [4.69, 9.17) is 0 Å². The second-order valence-corrected chi connectivity index (χ2v) is 4.44. The fourth-order valence-corrected chi connectivity index (χ4v) is 0.770. The van der Waals surface area contributed by atoms with Gasteiger partial charge in [0.05, 0.1) is 0 Å². The molecule has 0 fully saturated rings. The Morgan fingerprint density at radius 3 is 0.840 bits per heavy atom. The Balaban J connectivity index is -0.000000247. The summed E-state index contributed by atoms with van der Waals surface area (Å²) in [5, 5.41) is 4.56. The van der Waals surface area contributed by atoms with Gasteiger partial charge in [-0.25, -0.2) is 4.79 Å². The molecule has 0 aliphatic carbocycles. The molecule has 2 aromatic rings. The third kappa shape index (κ3) is 44.9. The molecule has 0 unspecified atom stereocenters. The summed E-state index contributed by atoms with van der Waals surface area (Å²) in [6.07, 6.45) is 1.25. The lowest BCUT2D eigenvalue weighted by molar-refractivity contribution is -0.118. The summed E-state index contributed by atoms with van der Waals surface area (Å²) in [5.41, 5.74) is 4.54. The highest BCUT2D eigenvalue weighted by Gasteiger charge is 1.73. The number of carbonyl (C=O) groups excluding carboxylic acids is 2. The van der Waals surface area contributed by atoms with Gasteiger partial charge in [0.1, 0.15) is 0 Å². The van der Waals surface area contributed by atoms with Crippen LogP contribution in [-0.4, -0.2) is 26.0 Å². The number of urea groups is 1. The van der Waals surface area contributed by atoms with Crippen LogP contribution in [0.1, 0.15) is 27.2 Å². The molecule has 5 heteroatoms. The first-order valence-electron chi connectivity index (χ1n) is 8.11. The lowest BCUT2D eigenvalue weighted by Crippen LogP contribution is -2.24. The Labute approximate surface area is 152 Å². The van der Waals surface area contributed by atoms with Crippen LogP contribution in [0.15, 0.2) is 72.8 Å². The molecule has 0 spiro atoms. The molecule has 0 bridgehead atoms. The number of hydrogen-bond donors (Lipinski definition) is 3. The van der Waals surface area contributed by atoms with Gasteiger partial charge in [0.25, 0.3) is 0 Å². The van der Waals surface area contributed by atoms with Crippen molar-refractivity contribution >= 4 is 11.9 Å². The predicted molar refractivity (Wildman–Crippen MR) is 107 cm³/mol. The number of rotatable bonds is 0. The van der Waals surface area contributed by atoms with Crippen LogP contribution in [0.5, 0.6) is 0 Å². The molecular formula is C20H33N3O2. The fraction of sp³-hybridized carbons (Fsp3) is 0.300. The molecule has 0 aliphatic heterocycles. The summed E-state index contributed by atoms with van der Waals surface area (Å²) in [7, 11) is 3.07. The van der Waals surface area contributed by atoms with E-state index in [2.05, 4.69) is 30.2 Å². The van der Waals surface area contributed by atoms with Crippen molar-refractivity contribution in [3.63, 3.8) is 0 Å². The quantitative estimate of drug-likeness (QED) is 0.677. The first-order valence-corrected chi connectivity index (χ1v) is 8.11. The third-order valence-corrected chi connectivity index (χ3v) is 1.93. The molecule has 4 N–H and O–H groups in total. The van der Waals surface area contributed by atoms with Crippen molar-refractivity contribution in [2.75, 3.05) is 14.1 Å². The Kier molecular flexibility index (Phi) is 28.2. The number of nitrogens with two attached hydrogens (primary N) is 1. The molecule has 0 saturated carbocycles. The summed E-state index contributed by atoms with van der Waals surface area (Å²) in [6.45, 7) is 5.72. The van der Waals surface area contributed by atoms with Crippen LogP contribution in [0.25, 0.3) is 0 Å². The fourth-order valence-electron chi connectivity index (χ4n) is 0.770. The van der Waals surface area contributed by atoms with Crippen LogP contribution in [-0.2, 0) is 4.79 Å². The zero-order chi connectivity index (χ0) is 19.8. The van der Waals surface area contributed by atoms with Gasteiger partial charge in [0.15, 0.2) is 0 Å². The van der Waals surface area contributed by atoms with Crippen molar-refractivity contribution in [1.29, 1.82) is 0 Å². The Hall–Kier alpha value is -2.82. The number of nitrogens with one attached hydrogen (secondary N) is 2. The van der Waals surface area contributed by atoms with E-state index in [-0.39, 0.29) is 5.91 Å². The van der Waals surface area contributed by atoms with E-state index in [0.717, 1.165) is 0 Å². The third-order valence-electron chi connectivity index (χ3n) is 1.93. The molecule has 140 valence electrons. The minimum absolute atomic E-state index is 0.00463. The zero-order valence-corrected chi connectivity index (χ0v) is 16.0. The van der Waals surface area contributed by atoms with Crippen molar-refractivity contribution in [2.24, 2.45) is 5.73 Å². The van der Waals surface area contributed by atoms with E-state index in [1.165, 1.54) is 20.4 Å². The van der Waals surface area contributed by atoms with Crippen molar-refractivity contribution in [2.45, 2.75) is 27.2 Å². The summed E-state index contributed by atoms with van der Waals surface area (Å²) in [4.78, 5) is 19.2.